The number of hydrogen-bond donors (Lipinski definition) is 6. The van der Waals surface area contributed by atoms with Gasteiger partial charge in [-0.2, -0.15) is 0 Å². The maximum Gasteiger partial charge on any atom is 0.360 e. The number of hydrogen-bond acceptors (Lipinski definition) is 3. The van der Waals surface area contributed by atoms with E-state index in [2.05, 4.69) is 5.32 Å². The minimum atomic E-state index is -5.19. The smallest absolute Gasteiger partial charge is 0.323 e. The Hall–Kier alpha value is -1.21. The molecule has 106 valence electrons. The maximum atomic E-state index is 11.4. The Balaban J connectivity index is 2.79. The van der Waals surface area contributed by atoms with Gasteiger partial charge in [0.05, 0.1) is 0 Å². The predicted octanol–water partition coefficient (Wildman–Crippen LogP) is 0.447. The number of benzene rings is 1. The number of amides is 2. The van der Waals surface area contributed by atoms with E-state index in [0.717, 1.165) is 0 Å². The summed E-state index contributed by atoms with van der Waals surface area (Å²) in [5, 5.41) is 3.75. The van der Waals surface area contributed by atoms with Gasteiger partial charge in [0.15, 0.2) is 0 Å². The largest absolute Gasteiger partial charge is 0.360 e. The minimum absolute atomic E-state index is 0.301. The molecule has 1 rings (SSSR count). The molecule has 0 spiro atoms. The topological polar surface area (TPSA) is 156 Å². The van der Waals surface area contributed by atoms with Crippen LogP contribution in [-0.2, 0) is 9.13 Å². The zero-order valence-electron chi connectivity index (χ0n) is 9.37. The van der Waals surface area contributed by atoms with Gasteiger partial charge < -0.3 is 30.2 Å². The Labute approximate surface area is 108 Å². The molecule has 19 heavy (non-hydrogen) atoms. The Bertz CT molecular complexity index is 515. The van der Waals surface area contributed by atoms with Crippen molar-refractivity contribution in [2.75, 3.05) is 5.32 Å². The van der Waals surface area contributed by atoms with Crippen LogP contribution >= 0.6 is 15.2 Å². The second-order valence-corrected chi connectivity index (χ2v) is 7.31. The van der Waals surface area contributed by atoms with Gasteiger partial charge >= 0.3 is 21.2 Å². The lowest BCUT2D eigenvalue weighted by molar-refractivity contribution is 0.248. The molecule has 0 aromatic heterocycles. The van der Waals surface area contributed by atoms with Crippen molar-refractivity contribution in [2.24, 2.45) is 0 Å². The second-order valence-electron chi connectivity index (χ2n) is 3.52. The summed E-state index contributed by atoms with van der Waals surface area (Å²) in [7, 11) is -10.4. The first-order valence-corrected chi connectivity index (χ1v) is 8.20. The first-order valence-electron chi connectivity index (χ1n) is 4.84. The fraction of sp³-hybridized carbons (Fsp3) is 0.125. The monoisotopic (exact) mass is 310 g/mol. The zero-order valence-corrected chi connectivity index (χ0v) is 11.2. The van der Waals surface area contributed by atoms with E-state index in [-0.39, 0.29) is 0 Å². The first-order chi connectivity index (χ1) is 8.60. The number of rotatable bonds is 4. The van der Waals surface area contributed by atoms with Gasteiger partial charge in [-0.25, -0.2) is 4.79 Å². The van der Waals surface area contributed by atoms with Gasteiger partial charge in [-0.05, 0) is 12.1 Å². The van der Waals surface area contributed by atoms with Crippen molar-refractivity contribution in [1.82, 2.24) is 5.32 Å². The normalized spacial score (nSPS) is 12.3. The summed E-state index contributed by atoms with van der Waals surface area (Å²) in [5.74, 6) is 0. The van der Waals surface area contributed by atoms with E-state index in [1.165, 1.54) is 12.1 Å². The molecule has 0 saturated carbocycles. The fourth-order valence-corrected chi connectivity index (χ4v) is 3.31. The summed E-state index contributed by atoms with van der Waals surface area (Å²) < 4.78 is 21.9. The maximum absolute atomic E-state index is 11.4. The van der Waals surface area contributed by atoms with Gasteiger partial charge in [-0.15, -0.1) is 0 Å². The third-order valence-corrected chi connectivity index (χ3v) is 5.27. The molecule has 0 unspecified atom stereocenters. The Morgan fingerprint density at radius 2 is 1.47 bits per heavy atom. The van der Waals surface area contributed by atoms with Crippen LogP contribution in [0.2, 0.25) is 0 Å². The molecular weight excluding hydrogens is 298 g/mol. The highest BCUT2D eigenvalue weighted by molar-refractivity contribution is 7.70. The molecule has 0 aliphatic carbocycles. The summed E-state index contributed by atoms with van der Waals surface area (Å²) >= 11 is 0. The van der Waals surface area contributed by atoms with E-state index < -0.39 is 26.7 Å². The number of para-hydroxylation sites is 1. The van der Waals surface area contributed by atoms with Crippen LogP contribution < -0.4 is 10.6 Å². The van der Waals surface area contributed by atoms with E-state index in [9.17, 15) is 13.9 Å². The van der Waals surface area contributed by atoms with Crippen molar-refractivity contribution in [2.45, 2.75) is 5.52 Å². The molecule has 0 atom stereocenters. The molecule has 1 aromatic rings. The molecule has 11 heteroatoms. The van der Waals surface area contributed by atoms with E-state index in [4.69, 9.17) is 19.6 Å². The number of carbonyl (C=O) groups excluding carboxylic acids is 1. The second kappa shape index (κ2) is 5.83. The highest BCUT2D eigenvalue weighted by Crippen LogP contribution is 2.58. The lowest BCUT2D eigenvalue weighted by Gasteiger charge is -2.20. The third kappa shape index (κ3) is 5.12. The molecule has 0 radical (unpaired) electrons. The van der Waals surface area contributed by atoms with Crippen LogP contribution in [0.4, 0.5) is 10.5 Å². The molecule has 0 heterocycles. The average molecular weight is 310 g/mol. The van der Waals surface area contributed by atoms with Crippen LogP contribution in [0.1, 0.15) is 0 Å². The quantitative estimate of drug-likeness (QED) is 0.441. The molecule has 0 bridgehead atoms. The molecule has 9 nitrogen and oxygen atoms in total. The van der Waals surface area contributed by atoms with Crippen LogP contribution in [0, 0.1) is 0 Å². The highest BCUT2D eigenvalue weighted by atomic mass is 31.2. The van der Waals surface area contributed by atoms with E-state index in [1.54, 1.807) is 23.5 Å². The Kier molecular flexibility index (Phi) is 4.86. The van der Waals surface area contributed by atoms with Crippen LogP contribution in [0.3, 0.4) is 0 Å². The van der Waals surface area contributed by atoms with Crippen molar-refractivity contribution < 1.29 is 33.5 Å². The summed E-state index contributed by atoms with van der Waals surface area (Å²) in [6.45, 7) is 0. The molecule has 0 saturated heterocycles. The third-order valence-electron chi connectivity index (χ3n) is 1.93. The van der Waals surface area contributed by atoms with Crippen molar-refractivity contribution in [1.29, 1.82) is 0 Å². The number of nitrogens with one attached hydrogen (secondary N) is 2. The summed E-state index contributed by atoms with van der Waals surface area (Å²) in [6, 6.07) is 6.71. The van der Waals surface area contributed by atoms with Crippen LogP contribution in [0.5, 0.6) is 0 Å². The average Bonchev–Trinajstić information content (AvgIpc) is 2.24. The van der Waals surface area contributed by atoms with Crippen LogP contribution in [0.15, 0.2) is 30.3 Å². The standard InChI is InChI=1S/C8H12N2O7P2/c11-7(9-6-4-2-1-3-5-6)10-8(18(12,13)14)19(15,16)17/h1-5,8H,(H2,9,10,11)(H2,12,13,14)(H2,15,16,17). The van der Waals surface area contributed by atoms with Gasteiger partial charge in [0.1, 0.15) is 0 Å². The lowest BCUT2D eigenvalue weighted by Crippen LogP contribution is -2.37. The Morgan fingerprint density at radius 3 is 1.89 bits per heavy atom. The molecule has 6 N–H and O–H groups in total. The molecule has 0 aliphatic rings. The first kappa shape index (κ1) is 15.8. The van der Waals surface area contributed by atoms with Crippen LogP contribution in [-0.4, -0.2) is 31.1 Å². The molecule has 0 fully saturated rings. The fourth-order valence-electron chi connectivity index (χ4n) is 1.17. The van der Waals surface area contributed by atoms with Gasteiger partial charge in [0.25, 0.3) is 0 Å². The summed E-state index contributed by atoms with van der Waals surface area (Å²) in [4.78, 5) is 46.6. The van der Waals surface area contributed by atoms with Crippen LogP contribution in [0.25, 0.3) is 0 Å². The number of carbonyl (C=O) groups is 1. The van der Waals surface area contributed by atoms with Crippen molar-refractivity contribution >= 4 is 26.9 Å². The summed E-state index contributed by atoms with van der Waals surface area (Å²) in [6.07, 6.45) is 0. The molecule has 0 aliphatic heterocycles. The zero-order chi connectivity index (χ0) is 14.7. The van der Waals surface area contributed by atoms with Gasteiger partial charge in [0.2, 0.25) is 5.52 Å². The van der Waals surface area contributed by atoms with E-state index >= 15 is 0 Å². The highest BCUT2D eigenvalue weighted by Gasteiger charge is 2.44. The minimum Gasteiger partial charge on any atom is -0.323 e. The molecule has 1 aromatic carbocycles. The van der Waals surface area contributed by atoms with Gasteiger partial charge in [-0.1, -0.05) is 18.2 Å². The number of urea groups is 1. The molecular formula is C8H12N2O7P2. The van der Waals surface area contributed by atoms with E-state index in [0.29, 0.717) is 5.69 Å². The van der Waals surface area contributed by atoms with E-state index in [1.807, 2.05) is 0 Å². The van der Waals surface area contributed by atoms with Crippen molar-refractivity contribution in [3.8, 4) is 0 Å². The van der Waals surface area contributed by atoms with Gasteiger partial charge in [-0.3, -0.25) is 9.13 Å². The number of anilines is 1. The predicted molar refractivity (Wildman–Crippen MR) is 66.5 cm³/mol. The lowest BCUT2D eigenvalue weighted by atomic mass is 10.3. The SMILES string of the molecule is O=C(Nc1ccccc1)NC(P(=O)(O)O)P(=O)(O)O. The Morgan fingerprint density at radius 1 is 1.00 bits per heavy atom. The summed E-state index contributed by atoms with van der Waals surface area (Å²) in [5.41, 5.74) is -2.28. The van der Waals surface area contributed by atoms with Gasteiger partial charge in [0, 0.05) is 5.69 Å². The molecule has 2 amide bonds. The van der Waals surface area contributed by atoms with Crippen molar-refractivity contribution in [3.05, 3.63) is 30.3 Å². The van der Waals surface area contributed by atoms with Crippen molar-refractivity contribution in [3.63, 3.8) is 0 Å².